The van der Waals surface area contributed by atoms with Gasteiger partial charge < -0.3 is 9.84 Å². The molecule has 0 aromatic carbocycles. The minimum absolute atomic E-state index is 2.39. The van der Waals surface area contributed by atoms with E-state index >= 15 is 0 Å². The van der Waals surface area contributed by atoms with E-state index in [1.165, 1.54) is 0 Å². The minimum atomic E-state index is -8.05. The second kappa shape index (κ2) is 6.03. The molecular formula is C8H4F14O2. The van der Waals surface area contributed by atoms with Gasteiger partial charge in [-0.1, -0.05) is 0 Å². The molecule has 0 heterocycles. The topological polar surface area (TPSA) is 29.5 Å². The molecule has 1 unspecified atom stereocenters. The predicted molar refractivity (Wildman–Crippen MR) is 43.9 cm³/mol. The SMILES string of the molecule is OC(F)COC(F)(F)C(F)(F)C(F)(F)C(F)(F)C(F)(F)C(F)(F)F. The lowest BCUT2D eigenvalue weighted by atomic mass is 9.97. The first-order valence-electron chi connectivity index (χ1n) is 5.08. The third-order valence-corrected chi connectivity index (χ3v) is 2.31. The van der Waals surface area contributed by atoms with Crippen LogP contribution in [-0.2, 0) is 4.74 Å². The van der Waals surface area contributed by atoms with Crippen molar-refractivity contribution in [3.63, 3.8) is 0 Å². The van der Waals surface area contributed by atoms with Crippen LogP contribution in [0.3, 0.4) is 0 Å². The van der Waals surface area contributed by atoms with Crippen LogP contribution in [0.5, 0.6) is 0 Å². The van der Waals surface area contributed by atoms with E-state index in [2.05, 4.69) is 4.74 Å². The van der Waals surface area contributed by atoms with E-state index in [9.17, 15) is 61.5 Å². The maximum Gasteiger partial charge on any atom is 0.460 e. The lowest BCUT2D eigenvalue weighted by Gasteiger charge is -2.39. The van der Waals surface area contributed by atoms with Gasteiger partial charge >= 0.3 is 36.0 Å². The van der Waals surface area contributed by atoms with Gasteiger partial charge in [0, 0.05) is 0 Å². The first-order valence-corrected chi connectivity index (χ1v) is 5.08. The van der Waals surface area contributed by atoms with E-state index in [0.717, 1.165) is 0 Å². The average molecular weight is 398 g/mol. The third kappa shape index (κ3) is 3.34. The summed E-state index contributed by atoms with van der Waals surface area (Å²) in [5.74, 6) is -31.6. The summed E-state index contributed by atoms with van der Waals surface area (Å²) in [7, 11) is 0. The van der Waals surface area contributed by atoms with Gasteiger partial charge in [-0.2, -0.15) is 57.1 Å². The second-order valence-corrected chi connectivity index (χ2v) is 4.06. The standard InChI is InChI=1S/C8H4F14O2/c9-2(23)1-24-8(21,22)6(16,17)4(12,13)3(10,11)5(14,15)7(18,19)20/h2,23H,1H2. The van der Waals surface area contributed by atoms with Gasteiger partial charge in [0.2, 0.25) is 6.36 Å². The number of rotatable bonds is 7. The van der Waals surface area contributed by atoms with Crippen LogP contribution in [0, 0.1) is 0 Å². The predicted octanol–water partition coefficient (Wildman–Crippen LogP) is 3.99. The molecular weight excluding hydrogens is 394 g/mol. The number of ether oxygens (including phenoxy) is 1. The number of alkyl halides is 14. The van der Waals surface area contributed by atoms with E-state index in [-0.39, 0.29) is 0 Å². The largest absolute Gasteiger partial charge is 0.460 e. The van der Waals surface area contributed by atoms with Gasteiger partial charge in [-0.15, -0.1) is 0 Å². The highest BCUT2D eigenvalue weighted by atomic mass is 19.4. The van der Waals surface area contributed by atoms with E-state index in [0.29, 0.717) is 0 Å². The van der Waals surface area contributed by atoms with Crippen molar-refractivity contribution in [2.75, 3.05) is 6.61 Å². The highest BCUT2D eigenvalue weighted by Gasteiger charge is 2.91. The van der Waals surface area contributed by atoms with Gasteiger partial charge in [-0.25, -0.2) is 4.39 Å². The lowest BCUT2D eigenvalue weighted by Crippen LogP contribution is -2.70. The Morgan fingerprint density at radius 1 is 0.625 bits per heavy atom. The summed E-state index contributed by atoms with van der Waals surface area (Å²) in [5, 5.41) is 7.81. The molecule has 0 saturated carbocycles. The van der Waals surface area contributed by atoms with Gasteiger partial charge in [0.25, 0.3) is 0 Å². The van der Waals surface area contributed by atoms with Crippen molar-refractivity contribution in [2.24, 2.45) is 0 Å². The molecule has 2 nitrogen and oxygen atoms in total. The highest BCUT2D eigenvalue weighted by Crippen LogP contribution is 2.60. The Morgan fingerprint density at radius 3 is 1.25 bits per heavy atom. The Hall–Kier alpha value is -1.06. The Kier molecular flexibility index (Phi) is 5.76. The molecule has 1 N–H and O–H groups in total. The van der Waals surface area contributed by atoms with Crippen molar-refractivity contribution >= 4 is 0 Å². The maximum absolute atomic E-state index is 12.8. The molecule has 0 saturated heterocycles. The van der Waals surface area contributed by atoms with Crippen LogP contribution in [0.4, 0.5) is 61.5 Å². The number of hydrogen-bond donors (Lipinski definition) is 1. The van der Waals surface area contributed by atoms with Gasteiger partial charge in [0.15, 0.2) is 0 Å². The first-order chi connectivity index (χ1) is 10.2. The molecule has 0 radical (unpaired) electrons. The van der Waals surface area contributed by atoms with Crippen molar-refractivity contribution in [1.82, 2.24) is 0 Å². The Bertz CT molecular complexity index is 439. The maximum atomic E-state index is 12.8. The summed E-state index contributed by atoms with van der Waals surface area (Å²) < 4.78 is 176. The van der Waals surface area contributed by atoms with Crippen LogP contribution in [-0.4, -0.2) is 54.0 Å². The summed E-state index contributed by atoms with van der Waals surface area (Å²) in [6, 6.07) is 0. The fourth-order valence-corrected chi connectivity index (χ4v) is 1.02. The molecule has 146 valence electrons. The van der Waals surface area contributed by atoms with E-state index in [1.807, 2.05) is 0 Å². The Morgan fingerprint density at radius 2 is 0.958 bits per heavy atom. The summed E-state index contributed by atoms with van der Waals surface area (Å²) in [6.07, 6.45) is -17.9. The summed E-state index contributed by atoms with van der Waals surface area (Å²) in [6.45, 7) is -2.51. The van der Waals surface area contributed by atoms with Crippen molar-refractivity contribution in [2.45, 2.75) is 42.3 Å². The zero-order valence-corrected chi connectivity index (χ0v) is 10.4. The van der Waals surface area contributed by atoms with Crippen molar-refractivity contribution < 1.29 is 71.3 Å². The van der Waals surface area contributed by atoms with Crippen LogP contribution >= 0.6 is 0 Å². The molecule has 0 bridgehead atoms. The van der Waals surface area contributed by atoms with Crippen molar-refractivity contribution in [3.8, 4) is 0 Å². The lowest BCUT2D eigenvalue weighted by molar-refractivity contribution is -0.467. The molecule has 1 atom stereocenters. The van der Waals surface area contributed by atoms with Crippen molar-refractivity contribution in [3.05, 3.63) is 0 Å². The average Bonchev–Trinajstić information content (AvgIpc) is 2.34. The summed E-state index contributed by atoms with van der Waals surface area (Å²) in [5.41, 5.74) is 0. The number of aliphatic hydroxyl groups is 1. The second-order valence-electron chi connectivity index (χ2n) is 4.06. The van der Waals surface area contributed by atoms with E-state index < -0.39 is 48.9 Å². The third-order valence-electron chi connectivity index (χ3n) is 2.31. The van der Waals surface area contributed by atoms with Gasteiger partial charge in [0.05, 0.1) is 0 Å². The van der Waals surface area contributed by atoms with Crippen LogP contribution in [0.25, 0.3) is 0 Å². The molecule has 16 heteroatoms. The molecule has 0 aliphatic carbocycles. The van der Waals surface area contributed by atoms with E-state index in [1.54, 1.807) is 0 Å². The molecule has 0 aliphatic rings. The first kappa shape index (κ1) is 22.9. The van der Waals surface area contributed by atoms with Gasteiger partial charge in [0.1, 0.15) is 6.61 Å². The zero-order valence-electron chi connectivity index (χ0n) is 10.4. The fourth-order valence-electron chi connectivity index (χ4n) is 1.02. The van der Waals surface area contributed by atoms with Gasteiger partial charge in [-0.3, -0.25) is 0 Å². The molecule has 0 fully saturated rings. The Balaban J connectivity index is 6.01. The molecule has 0 aromatic rings. The van der Waals surface area contributed by atoms with Crippen LogP contribution in [0.15, 0.2) is 0 Å². The number of hydrogen-bond acceptors (Lipinski definition) is 2. The van der Waals surface area contributed by atoms with Crippen LogP contribution in [0.2, 0.25) is 0 Å². The minimum Gasteiger partial charge on any atom is -0.362 e. The molecule has 0 aliphatic heterocycles. The number of aliphatic hydroxyl groups excluding tert-OH is 1. The quantitative estimate of drug-likeness (QED) is 0.658. The smallest absolute Gasteiger partial charge is 0.362 e. The molecule has 0 amide bonds. The normalized spacial score (nSPS) is 17.1. The summed E-state index contributed by atoms with van der Waals surface area (Å²) in [4.78, 5) is 0. The Labute approximate surface area is 122 Å². The summed E-state index contributed by atoms with van der Waals surface area (Å²) >= 11 is 0. The molecule has 0 aromatic heterocycles. The van der Waals surface area contributed by atoms with Crippen molar-refractivity contribution in [1.29, 1.82) is 0 Å². The molecule has 0 rings (SSSR count). The number of halogens is 14. The van der Waals surface area contributed by atoms with Crippen LogP contribution < -0.4 is 0 Å². The highest BCUT2D eigenvalue weighted by molar-refractivity contribution is 5.08. The fraction of sp³-hybridized carbons (Fsp3) is 1.00. The van der Waals surface area contributed by atoms with Crippen LogP contribution in [0.1, 0.15) is 0 Å². The molecule has 0 spiro atoms. The van der Waals surface area contributed by atoms with E-state index in [4.69, 9.17) is 5.11 Å². The molecule has 24 heavy (non-hydrogen) atoms. The monoisotopic (exact) mass is 398 g/mol. The van der Waals surface area contributed by atoms with Gasteiger partial charge in [-0.05, 0) is 0 Å². The zero-order chi connectivity index (χ0) is 20.0.